The monoisotopic (exact) mass is 619 g/mol. The van der Waals surface area contributed by atoms with Gasteiger partial charge in [-0.15, -0.1) is 0 Å². The molecular formula is C32H31Cl2N5O4. The fourth-order valence-electron chi connectivity index (χ4n) is 5.46. The molecule has 2 aliphatic rings. The summed E-state index contributed by atoms with van der Waals surface area (Å²) in [6.07, 6.45) is 3.23. The summed E-state index contributed by atoms with van der Waals surface area (Å²) < 4.78 is 11.6. The van der Waals surface area contributed by atoms with Crippen molar-refractivity contribution in [1.82, 2.24) is 10.2 Å². The number of nitrogens with two attached hydrogens (primary N) is 2. The average Bonchev–Trinajstić information content (AvgIpc) is 2.99. The number of hydrogen-bond donors (Lipinski definition) is 4. The third kappa shape index (κ3) is 6.96. The molecule has 5 rings (SSSR count). The first-order valence-electron chi connectivity index (χ1n) is 13.8. The number of aryl methyl sites for hydroxylation is 1. The van der Waals surface area contributed by atoms with Crippen molar-refractivity contribution in [2.75, 3.05) is 19.7 Å². The lowest BCUT2D eigenvalue weighted by atomic mass is 9.77. The molecule has 1 heterocycles. The summed E-state index contributed by atoms with van der Waals surface area (Å²) in [5.41, 5.74) is 16.2. The van der Waals surface area contributed by atoms with Crippen molar-refractivity contribution < 1.29 is 19.1 Å². The quantitative estimate of drug-likeness (QED) is 0.106. The van der Waals surface area contributed by atoms with E-state index in [2.05, 4.69) is 11.4 Å². The number of primary amides is 1. The van der Waals surface area contributed by atoms with Gasteiger partial charge in [-0.1, -0.05) is 41.4 Å². The predicted molar refractivity (Wildman–Crippen MR) is 167 cm³/mol. The summed E-state index contributed by atoms with van der Waals surface area (Å²) in [6.45, 7) is 1.12. The molecule has 43 heavy (non-hydrogen) atoms. The normalized spacial score (nSPS) is 16.2. The Hall–Kier alpha value is -4.47. The highest BCUT2D eigenvalue weighted by atomic mass is 35.5. The van der Waals surface area contributed by atoms with E-state index in [0.717, 1.165) is 24.0 Å². The molecule has 0 aromatic heterocycles. The molecule has 1 aliphatic heterocycles. The van der Waals surface area contributed by atoms with Gasteiger partial charge in [-0.3, -0.25) is 15.1 Å². The van der Waals surface area contributed by atoms with Gasteiger partial charge in [0.15, 0.2) is 0 Å². The number of hydrogen-bond acceptors (Lipinski definition) is 6. The van der Waals surface area contributed by atoms with Crippen LogP contribution in [0, 0.1) is 5.41 Å². The second-order valence-corrected chi connectivity index (χ2v) is 11.1. The van der Waals surface area contributed by atoms with Crippen LogP contribution in [0.3, 0.4) is 0 Å². The molecule has 0 bridgehead atoms. The van der Waals surface area contributed by atoms with Crippen molar-refractivity contribution in [2.45, 2.75) is 25.3 Å². The molecule has 0 fully saturated rings. The molecule has 2 amide bonds. The maximum Gasteiger partial charge on any atom is 0.416 e. The maximum atomic E-state index is 13.6. The van der Waals surface area contributed by atoms with Gasteiger partial charge in [-0.25, -0.2) is 4.79 Å². The number of carbonyl (C=O) groups excluding carboxylic acids is 2. The lowest BCUT2D eigenvalue weighted by Crippen LogP contribution is -2.42. The molecule has 3 aromatic carbocycles. The van der Waals surface area contributed by atoms with Gasteiger partial charge in [0.1, 0.15) is 23.9 Å². The minimum Gasteiger partial charge on any atom is -0.492 e. The van der Waals surface area contributed by atoms with Crippen molar-refractivity contribution in [3.63, 3.8) is 0 Å². The van der Waals surface area contributed by atoms with Crippen LogP contribution in [0.2, 0.25) is 10.0 Å². The van der Waals surface area contributed by atoms with Gasteiger partial charge >= 0.3 is 6.09 Å². The summed E-state index contributed by atoms with van der Waals surface area (Å²) in [5, 5.41) is 11.5. The fraction of sp³-hybridized carbons (Fsp3) is 0.219. The van der Waals surface area contributed by atoms with Crippen LogP contribution in [0.25, 0.3) is 5.57 Å². The summed E-state index contributed by atoms with van der Waals surface area (Å²) in [5.74, 6) is -0.134. The van der Waals surface area contributed by atoms with E-state index in [9.17, 15) is 9.59 Å². The summed E-state index contributed by atoms with van der Waals surface area (Å²) in [6, 6.07) is 20.1. The number of carbonyl (C=O) groups is 2. The third-order valence-electron chi connectivity index (χ3n) is 7.46. The highest BCUT2D eigenvalue weighted by molar-refractivity contribution is 6.31. The van der Waals surface area contributed by atoms with E-state index in [1.165, 1.54) is 22.9 Å². The van der Waals surface area contributed by atoms with Crippen LogP contribution < -0.4 is 26.3 Å². The highest BCUT2D eigenvalue weighted by Crippen LogP contribution is 2.46. The van der Waals surface area contributed by atoms with E-state index < -0.39 is 17.8 Å². The number of nitrogens with one attached hydrogen (secondary N) is 2. The molecule has 1 aliphatic carbocycles. The van der Waals surface area contributed by atoms with Crippen LogP contribution >= 0.6 is 23.2 Å². The lowest BCUT2D eigenvalue weighted by Gasteiger charge is -2.41. The minimum absolute atomic E-state index is 0.0998. The number of rotatable bonds is 9. The van der Waals surface area contributed by atoms with Crippen molar-refractivity contribution in [3.8, 4) is 11.5 Å². The maximum absolute atomic E-state index is 13.6. The Bertz CT molecular complexity index is 1590. The standard InChI is InChI=1S/C32H31Cl2N5O4/c33-21-6-10-24(11-7-21)43-32(41)39-15-13-25-26(12-4-19-1-5-22(34)17-27(19)25)29(39)20-2-8-23(9-3-20)42-16-14-38-18-28(30(35)36)31(37)40/h1-3,5-11,17-18,29,38H,4,12-16H2,(H3,35,36)(H2,37,40)/b28-18+. The summed E-state index contributed by atoms with van der Waals surface area (Å²) >= 11 is 12.4. The van der Waals surface area contributed by atoms with Gasteiger partial charge in [0.05, 0.1) is 11.6 Å². The number of benzene rings is 3. The molecule has 0 spiro atoms. The first-order valence-corrected chi connectivity index (χ1v) is 14.5. The first-order chi connectivity index (χ1) is 20.7. The van der Waals surface area contributed by atoms with Gasteiger partial charge < -0.3 is 26.3 Å². The van der Waals surface area contributed by atoms with Crippen LogP contribution in [0.4, 0.5) is 4.79 Å². The Balaban J connectivity index is 1.37. The van der Waals surface area contributed by atoms with Crippen molar-refractivity contribution in [1.29, 1.82) is 5.41 Å². The lowest BCUT2D eigenvalue weighted by molar-refractivity contribution is -0.114. The second kappa shape index (κ2) is 13.2. The van der Waals surface area contributed by atoms with Crippen molar-refractivity contribution in [2.24, 2.45) is 11.5 Å². The molecule has 1 unspecified atom stereocenters. The smallest absolute Gasteiger partial charge is 0.416 e. The minimum atomic E-state index is -0.784. The molecule has 0 saturated heterocycles. The molecule has 3 aromatic rings. The zero-order chi connectivity index (χ0) is 30.5. The molecule has 6 N–H and O–H groups in total. The van der Waals surface area contributed by atoms with Crippen LogP contribution in [0.15, 0.2) is 84.1 Å². The van der Waals surface area contributed by atoms with Crippen molar-refractivity contribution in [3.05, 3.63) is 111 Å². The molecule has 11 heteroatoms. The number of ether oxygens (including phenoxy) is 2. The fourth-order valence-corrected chi connectivity index (χ4v) is 5.76. The topological polar surface area (TPSA) is 144 Å². The highest BCUT2D eigenvalue weighted by Gasteiger charge is 2.37. The van der Waals surface area contributed by atoms with Crippen LogP contribution in [-0.2, 0) is 11.2 Å². The number of nitrogens with zero attached hydrogens (tertiary/aromatic N) is 1. The van der Waals surface area contributed by atoms with Crippen LogP contribution in [0.1, 0.15) is 35.6 Å². The zero-order valence-corrected chi connectivity index (χ0v) is 24.8. The van der Waals surface area contributed by atoms with E-state index in [1.807, 2.05) is 36.4 Å². The first kappa shape index (κ1) is 30.0. The Kier molecular flexibility index (Phi) is 9.23. The van der Waals surface area contributed by atoms with E-state index in [-0.39, 0.29) is 18.2 Å². The largest absolute Gasteiger partial charge is 0.492 e. The van der Waals surface area contributed by atoms with Crippen molar-refractivity contribution >= 4 is 46.6 Å². The van der Waals surface area contributed by atoms with E-state index in [0.29, 0.717) is 41.1 Å². The van der Waals surface area contributed by atoms with Crippen LogP contribution in [0.5, 0.6) is 11.5 Å². The van der Waals surface area contributed by atoms with E-state index >= 15 is 0 Å². The Labute approximate surface area is 259 Å². The Morgan fingerprint density at radius 3 is 2.35 bits per heavy atom. The van der Waals surface area contributed by atoms with Crippen LogP contribution in [-0.4, -0.2) is 42.4 Å². The molecule has 0 radical (unpaired) electrons. The van der Waals surface area contributed by atoms with Gasteiger partial charge in [0, 0.05) is 29.3 Å². The third-order valence-corrected chi connectivity index (χ3v) is 7.95. The Morgan fingerprint density at radius 1 is 0.953 bits per heavy atom. The van der Waals surface area contributed by atoms with E-state index in [1.54, 1.807) is 29.2 Å². The number of amides is 2. The average molecular weight is 621 g/mol. The SMILES string of the molecule is N=C(N)/C(=C\NCCOc1ccc(C2C3=C(CCN2C(=O)Oc2ccc(Cl)cc2)c2cc(Cl)ccc2CC3)cc1)C(N)=O. The number of halogens is 2. The number of fused-ring (bicyclic) bond motifs is 2. The van der Waals surface area contributed by atoms with E-state index in [4.69, 9.17) is 49.6 Å². The summed E-state index contributed by atoms with van der Waals surface area (Å²) in [7, 11) is 0. The van der Waals surface area contributed by atoms with Gasteiger partial charge in [0.2, 0.25) is 0 Å². The van der Waals surface area contributed by atoms with Gasteiger partial charge in [-0.2, -0.15) is 0 Å². The van der Waals surface area contributed by atoms with Gasteiger partial charge in [0.25, 0.3) is 5.91 Å². The molecular weight excluding hydrogens is 589 g/mol. The molecule has 222 valence electrons. The molecule has 9 nitrogen and oxygen atoms in total. The van der Waals surface area contributed by atoms with Gasteiger partial charge in [-0.05, 0) is 95.6 Å². The molecule has 0 saturated carbocycles. The molecule has 1 atom stereocenters. The Morgan fingerprint density at radius 2 is 1.65 bits per heavy atom. The number of amidine groups is 1. The predicted octanol–water partition coefficient (Wildman–Crippen LogP) is 5.61. The summed E-state index contributed by atoms with van der Waals surface area (Å²) in [4.78, 5) is 26.7. The zero-order valence-electron chi connectivity index (χ0n) is 23.2. The second-order valence-electron chi connectivity index (χ2n) is 10.2.